The second-order valence-corrected chi connectivity index (χ2v) is 6.88. The van der Waals surface area contributed by atoms with Crippen LogP contribution < -0.4 is 4.74 Å². The molecule has 2 fully saturated rings. The fourth-order valence-electron chi connectivity index (χ4n) is 3.72. The highest BCUT2D eigenvalue weighted by Gasteiger charge is 2.49. The van der Waals surface area contributed by atoms with E-state index < -0.39 is 0 Å². The summed E-state index contributed by atoms with van der Waals surface area (Å²) >= 11 is 0. The van der Waals surface area contributed by atoms with Crippen LogP contribution in [0.4, 0.5) is 0 Å². The predicted octanol–water partition coefficient (Wildman–Crippen LogP) is 2.88. The highest BCUT2D eigenvalue weighted by molar-refractivity contribution is 5.98. The van der Waals surface area contributed by atoms with Gasteiger partial charge in [0.05, 0.1) is 25.9 Å². The zero-order valence-electron chi connectivity index (χ0n) is 14.1. The summed E-state index contributed by atoms with van der Waals surface area (Å²) in [5, 5.41) is 1.89. The number of methoxy groups -OCH3 is 1. The van der Waals surface area contributed by atoms with Gasteiger partial charge in [0.15, 0.2) is 0 Å². The van der Waals surface area contributed by atoms with E-state index in [0.717, 1.165) is 23.6 Å². The predicted molar refractivity (Wildman–Crippen MR) is 91.3 cm³/mol. The van der Waals surface area contributed by atoms with Gasteiger partial charge in [-0.1, -0.05) is 18.2 Å². The number of fused-ring (bicyclic) bond motifs is 1. The van der Waals surface area contributed by atoms with Gasteiger partial charge in [0.1, 0.15) is 5.69 Å². The molecule has 0 spiro atoms. The number of carbonyl (C=O) groups excluding carboxylic acids is 1. The number of hydrogen-bond acceptors (Lipinski definition) is 4. The molecule has 1 aliphatic carbocycles. The van der Waals surface area contributed by atoms with Gasteiger partial charge in [0, 0.05) is 11.9 Å². The Bertz CT molecular complexity index is 787. The van der Waals surface area contributed by atoms with Crippen molar-refractivity contribution in [3.05, 3.63) is 36.0 Å². The smallest absolute Gasteiger partial charge is 0.273 e. The molecule has 1 atom stereocenters. The molecule has 5 heteroatoms. The minimum absolute atomic E-state index is 0.0308. The van der Waals surface area contributed by atoms with Crippen molar-refractivity contribution < 1.29 is 14.3 Å². The molecule has 1 aromatic carbocycles. The second kappa shape index (κ2) is 5.74. The SMILES string of the molecule is COc1nc(C(=O)N2CCOCC2(C)C2CC2)cc2ccccc12. The lowest BCUT2D eigenvalue weighted by Gasteiger charge is -2.45. The van der Waals surface area contributed by atoms with E-state index >= 15 is 0 Å². The Morgan fingerprint density at radius 1 is 1.38 bits per heavy atom. The summed E-state index contributed by atoms with van der Waals surface area (Å²) in [6.45, 7) is 3.94. The van der Waals surface area contributed by atoms with Crippen LogP contribution >= 0.6 is 0 Å². The number of hydrogen-bond donors (Lipinski definition) is 0. The van der Waals surface area contributed by atoms with Gasteiger partial charge in [-0.2, -0.15) is 0 Å². The molecule has 1 aliphatic heterocycles. The summed E-state index contributed by atoms with van der Waals surface area (Å²) in [7, 11) is 1.59. The van der Waals surface area contributed by atoms with E-state index in [1.807, 2.05) is 35.2 Å². The molecule has 4 rings (SSSR count). The van der Waals surface area contributed by atoms with Gasteiger partial charge in [-0.15, -0.1) is 0 Å². The fraction of sp³-hybridized carbons (Fsp3) is 0.474. The molecule has 1 unspecified atom stereocenters. The zero-order valence-corrected chi connectivity index (χ0v) is 14.1. The van der Waals surface area contributed by atoms with Gasteiger partial charge in [-0.3, -0.25) is 4.79 Å². The molecule has 1 saturated carbocycles. The number of aromatic nitrogens is 1. The first-order valence-electron chi connectivity index (χ1n) is 8.47. The lowest BCUT2D eigenvalue weighted by atomic mass is 9.92. The van der Waals surface area contributed by atoms with Crippen LogP contribution in [0.15, 0.2) is 30.3 Å². The average Bonchev–Trinajstić information content (AvgIpc) is 3.46. The molecule has 1 aromatic heterocycles. The monoisotopic (exact) mass is 326 g/mol. The second-order valence-electron chi connectivity index (χ2n) is 6.88. The Morgan fingerprint density at radius 3 is 2.92 bits per heavy atom. The van der Waals surface area contributed by atoms with Gasteiger partial charge in [0.25, 0.3) is 5.91 Å². The van der Waals surface area contributed by atoms with Crippen LogP contribution in [-0.4, -0.2) is 48.2 Å². The summed E-state index contributed by atoms with van der Waals surface area (Å²) in [6, 6.07) is 9.70. The first-order chi connectivity index (χ1) is 11.6. The molecule has 126 valence electrons. The number of ether oxygens (including phenoxy) is 2. The Morgan fingerprint density at radius 2 is 2.17 bits per heavy atom. The molecule has 0 N–H and O–H groups in total. The third kappa shape index (κ3) is 2.44. The van der Waals surface area contributed by atoms with Gasteiger partial charge in [0.2, 0.25) is 5.88 Å². The molecular weight excluding hydrogens is 304 g/mol. The van der Waals surface area contributed by atoms with Crippen molar-refractivity contribution in [3.8, 4) is 5.88 Å². The highest BCUT2D eigenvalue weighted by Crippen LogP contribution is 2.44. The van der Waals surface area contributed by atoms with Crippen LogP contribution in [0.3, 0.4) is 0 Å². The highest BCUT2D eigenvalue weighted by atomic mass is 16.5. The number of nitrogens with zero attached hydrogens (tertiary/aromatic N) is 2. The van der Waals surface area contributed by atoms with E-state index in [0.29, 0.717) is 37.3 Å². The standard InChI is InChI=1S/C19H22N2O3/c1-19(14-7-8-14)12-24-10-9-21(19)18(22)16-11-13-5-3-4-6-15(13)17(20-16)23-2/h3-6,11,14H,7-10,12H2,1-2H3. The molecule has 2 heterocycles. The van der Waals surface area contributed by atoms with Crippen molar-refractivity contribution in [2.45, 2.75) is 25.3 Å². The Labute approximate surface area is 141 Å². The number of rotatable bonds is 3. The van der Waals surface area contributed by atoms with Gasteiger partial charge in [-0.25, -0.2) is 4.98 Å². The Hall–Kier alpha value is -2.14. The molecule has 0 radical (unpaired) electrons. The summed E-state index contributed by atoms with van der Waals surface area (Å²) < 4.78 is 11.1. The third-order valence-electron chi connectivity index (χ3n) is 5.29. The molecule has 24 heavy (non-hydrogen) atoms. The average molecular weight is 326 g/mol. The van der Waals surface area contributed by atoms with E-state index in [1.54, 1.807) is 7.11 Å². The topological polar surface area (TPSA) is 51.7 Å². The maximum atomic E-state index is 13.2. The van der Waals surface area contributed by atoms with Gasteiger partial charge in [-0.05, 0) is 43.2 Å². The molecular formula is C19H22N2O3. The Kier molecular flexibility index (Phi) is 3.68. The van der Waals surface area contributed by atoms with Gasteiger partial charge >= 0.3 is 0 Å². The van der Waals surface area contributed by atoms with Crippen molar-refractivity contribution in [2.75, 3.05) is 26.9 Å². The van der Waals surface area contributed by atoms with Crippen LogP contribution in [0.5, 0.6) is 5.88 Å². The summed E-state index contributed by atoms with van der Waals surface area (Å²) in [5.41, 5.74) is 0.218. The van der Waals surface area contributed by atoms with Crippen molar-refractivity contribution >= 4 is 16.7 Å². The normalized spacial score (nSPS) is 24.2. The maximum Gasteiger partial charge on any atom is 0.273 e. The fourth-order valence-corrected chi connectivity index (χ4v) is 3.72. The van der Waals surface area contributed by atoms with Crippen LogP contribution in [-0.2, 0) is 4.74 Å². The molecule has 5 nitrogen and oxygen atoms in total. The summed E-state index contributed by atoms with van der Waals surface area (Å²) in [5.74, 6) is 0.999. The maximum absolute atomic E-state index is 13.2. The van der Waals surface area contributed by atoms with E-state index in [4.69, 9.17) is 9.47 Å². The minimum Gasteiger partial charge on any atom is -0.481 e. The third-order valence-corrected chi connectivity index (χ3v) is 5.29. The summed E-state index contributed by atoms with van der Waals surface area (Å²) in [4.78, 5) is 19.7. The first-order valence-corrected chi connectivity index (χ1v) is 8.47. The van der Waals surface area contributed by atoms with Crippen LogP contribution in [0.25, 0.3) is 10.8 Å². The Balaban J connectivity index is 1.74. The number of morpholine rings is 1. The van der Waals surface area contributed by atoms with E-state index in [-0.39, 0.29) is 11.4 Å². The van der Waals surface area contributed by atoms with Crippen molar-refractivity contribution in [2.24, 2.45) is 5.92 Å². The first kappa shape index (κ1) is 15.4. The largest absolute Gasteiger partial charge is 0.481 e. The van der Waals surface area contributed by atoms with Crippen LogP contribution in [0.1, 0.15) is 30.3 Å². The molecule has 1 saturated heterocycles. The molecule has 1 amide bonds. The van der Waals surface area contributed by atoms with Crippen molar-refractivity contribution in [1.82, 2.24) is 9.88 Å². The zero-order chi connectivity index (χ0) is 16.7. The van der Waals surface area contributed by atoms with E-state index in [1.165, 1.54) is 0 Å². The van der Waals surface area contributed by atoms with Crippen molar-refractivity contribution in [3.63, 3.8) is 0 Å². The lowest BCUT2D eigenvalue weighted by molar-refractivity contribution is -0.0549. The van der Waals surface area contributed by atoms with Crippen LogP contribution in [0.2, 0.25) is 0 Å². The van der Waals surface area contributed by atoms with Crippen LogP contribution in [0, 0.1) is 5.92 Å². The van der Waals surface area contributed by atoms with E-state index in [2.05, 4.69) is 11.9 Å². The van der Waals surface area contributed by atoms with Gasteiger partial charge < -0.3 is 14.4 Å². The quantitative estimate of drug-likeness (QED) is 0.870. The van der Waals surface area contributed by atoms with E-state index in [9.17, 15) is 4.79 Å². The molecule has 2 aromatic rings. The molecule has 2 aliphatic rings. The lowest BCUT2D eigenvalue weighted by Crippen LogP contribution is -2.58. The van der Waals surface area contributed by atoms with Crippen molar-refractivity contribution in [1.29, 1.82) is 0 Å². The minimum atomic E-state index is -0.226. The number of amides is 1. The number of carbonyl (C=O) groups is 1. The summed E-state index contributed by atoms with van der Waals surface area (Å²) in [6.07, 6.45) is 2.33. The number of pyridine rings is 1. The number of benzene rings is 1. The molecule has 0 bridgehead atoms.